The summed E-state index contributed by atoms with van der Waals surface area (Å²) in [6, 6.07) is 13.2. The molecule has 0 unspecified atom stereocenters. The molecule has 0 radical (unpaired) electrons. The van der Waals surface area contributed by atoms with Gasteiger partial charge in [0.15, 0.2) is 0 Å². The highest BCUT2D eigenvalue weighted by Gasteiger charge is 2.09. The Morgan fingerprint density at radius 2 is 2.05 bits per heavy atom. The average Bonchev–Trinajstić information content (AvgIpc) is 2.87. The molecule has 3 nitrogen and oxygen atoms in total. The minimum absolute atomic E-state index is 0.274. The van der Waals surface area contributed by atoms with E-state index in [1.54, 1.807) is 6.07 Å². The van der Waals surface area contributed by atoms with Crippen LogP contribution in [0.1, 0.15) is 12.6 Å². The summed E-state index contributed by atoms with van der Waals surface area (Å²) in [6.07, 6.45) is 0. The van der Waals surface area contributed by atoms with Gasteiger partial charge in [-0.3, -0.25) is 4.68 Å². The number of halogens is 2. The quantitative estimate of drug-likeness (QED) is 0.749. The van der Waals surface area contributed by atoms with Gasteiger partial charge in [0.25, 0.3) is 0 Å². The second kappa shape index (κ2) is 5.85. The Kier molecular flexibility index (Phi) is 3.92. The molecule has 108 valence electrons. The van der Waals surface area contributed by atoms with E-state index >= 15 is 0 Å². The molecule has 0 aliphatic rings. The first-order chi connectivity index (χ1) is 10.2. The number of anilines is 1. The van der Waals surface area contributed by atoms with Crippen LogP contribution in [0.15, 0.2) is 46.9 Å². The molecular formula is C16H15BrFN3. The van der Waals surface area contributed by atoms with Crippen molar-refractivity contribution >= 4 is 32.5 Å². The lowest BCUT2D eigenvalue weighted by Gasteiger charge is -2.05. The van der Waals surface area contributed by atoms with E-state index in [9.17, 15) is 4.39 Å². The second-order valence-electron chi connectivity index (χ2n) is 4.76. The van der Waals surface area contributed by atoms with E-state index in [-0.39, 0.29) is 5.82 Å². The predicted molar refractivity (Wildman–Crippen MR) is 86.8 cm³/mol. The van der Waals surface area contributed by atoms with Gasteiger partial charge in [0.1, 0.15) is 5.82 Å². The van der Waals surface area contributed by atoms with E-state index in [2.05, 4.69) is 45.4 Å². The molecule has 0 bridgehead atoms. The van der Waals surface area contributed by atoms with Crippen LogP contribution < -0.4 is 5.32 Å². The smallest absolute Gasteiger partial charge is 0.139 e. The molecule has 1 aromatic heterocycles. The molecule has 21 heavy (non-hydrogen) atoms. The van der Waals surface area contributed by atoms with Crippen LogP contribution in [-0.4, -0.2) is 9.78 Å². The van der Waals surface area contributed by atoms with Crippen LogP contribution in [0, 0.1) is 5.82 Å². The Balaban J connectivity index is 1.86. The van der Waals surface area contributed by atoms with Gasteiger partial charge in [0.2, 0.25) is 0 Å². The first-order valence-corrected chi connectivity index (χ1v) is 7.61. The van der Waals surface area contributed by atoms with E-state index in [0.29, 0.717) is 11.0 Å². The zero-order valence-electron chi connectivity index (χ0n) is 11.6. The summed E-state index contributed by atoms with van der Waals surface area (Å²) < 4.78 is 16.0. The third-order valence-corrected chi connectivity index (χ3v) is 4.06. The number of aryl methyl sites for hydroxylation is 1. The van der Waals surface area contributed by atoms with E-state index in [0.717, 1.165) is 28.8 Å². The minimum Gasteiger partial charge on any atom is -0.379 e. The third kappa shape index (κ3) is 2.78. The highest BCUT2D eigenvalue weighted by atomic mass is 79.9. The Bertz CT molecular complexity index is 782. The molecule has 0 atom stereocenters. The summed E-state index contributed by atoms with van der Waals surface area (Å²) in [7, 11) is 0. The monoisotopic (exact) mass is 347 g/mol. The number of nitrogens with zero attached hydrogens (tertiary/aromatic N) is 2. The van der Waals surface area contributed by atoms with Crippen molar-refractivity contribution < 1.29 is 4.39 Å². The summed E-state index contributed by atoms with van der Waals surface area (Å²) >= 11 is 3.15. The Labute approximate surface area is 130 Å². The van der Waals surface area contributed by atoms with E-state index in [1.807, 2.05) is 22.9 Å². The molecule has 1 heterocycles. The van der Waals surface area contributed by atoms with Gasteiger partial charge in [0, 0.05) is 17.6 Å². The maximum absolute atomic E-state index is 13.5. The van der Waals surface area contributed by atoms with Crippen molar-refractivity contribution in [1.82, 2.24) is 9.78 Å². The van der Waals surface area contributed by atoms with Crippen LogP contribution in [0.5, 0.6) is 0 Å². The van der Waals surface area contributed by atoms with Gasteiger partial charge in [-0.2, -0.15) is 5.10 Å². The number of rotatable bonds is 4. The summed E-state index contributed by atoms with van der Waals surface area (Å²) in [4.78, 5) is 0. The summed E-state index contributed by atoms with van der Waals surface area (Å²) in [5.74, 6) is -0.274. The predicted octanol–water partition coefficient (Wildman–Crippen LogP) is 4.57. The van der Waals surface area contributed by atoms with Crippen LogP contribution in [0.4, 0.5) is 10.1 Å². The standard InChI is InChI=1S/C16H15BrFN3/c1-2-21-16-6-4-3-5-12(16)15(20-21)10-19-11-7-8-13(17)14(18)9-11/h3-9,19H,2,10H2,1H3. The van der Waals surface area contributed by atoms with Crippen molar-refractivity contribution in [3.05, 3.63) is 58.4 Å². The fraction of sp³-hybridized carbons (Fsp3) is 0.188. The van der Waals surface area contributed by atoms with Crippen LogP contribution in [0.2, 0.25) is 0 Å². The molecular weight excluding hydrogens is 333 g/mol. The summed E-state index contributed by atoms with van der Waals surface area (Å²) in [5, 5.41) is 8.97. The molecule has 0 aliphatic heterocycles. The van der Waals surface area contributed by atoms with Gasteiger partial charge in [-0.1, -0.05) is 18.2 Å². The van der Waals surface area contributed by atoms with Gasteiger partial charge in [-0.05, 0) is 47.1 Å². The van der Waals surface area contributed by atoms with Gasteiger partial charge in [-0.15, -0.1) is 0 Å². The third-order valence-electron chi connectivity index (χ3n) is 3.41. The molecule has 0 fully saturated rings. The van der Waals surface area contributed by atoms with Crippen molar-refractivity contribution in [1.29, 1.82) is 0 Å². The van der Waals surface area contributed by atoms with Crippen LogP contribution in [0.3, 0.4) is 0 Å². The highest BCUT2D eigenvalue weighted by Crippen LogP contribution is 2.22. The number of fused-ring (bicyclic) bond motifs is 1. The zero-order chi connectivity index (χ0) is 14.8. The van der Waals surface area contributed by atoms with E-state index < -0.39 is 0 Å². The number of benzene rings is 2. The molecule has 0 amide bonds. The molecule has 3 rings (SSSR count). The number of para-hydroxylation sites is 1. The Morgan fingerprint density at radius 3 is 2.81 bits per heavy atom. The van der Waals surface area contributed by atoms with Gasteiger partial charge in [-0.25, -0.2) is 4.39 Å². The lowest BCUT2D eigenvalue weighted by Crippen LogP contribution is -2.02. The van der Waals surface area contributed by atoms with Gasteiger partial charge < -0.3 is 5.32 Å². The number of nitrogens with one attached hydrogen (secondary N) is 1. The second-order valence-corrected chi connectivity index (χ2v) is 5.62. The van der Waals surface area contributed by atoms with Crippen molar-refractivity contribution in [3.63, 3.8) is 0 Å². The number of hydrogen-bond acceptors (Lipinski definition) is 2. The zero-order valence-corrected chi connectivity index (χ0v) is 13.2. The fourth-order valence-corrected chi connectivity index (χ4v) is 2.61. The Morgan fingerprint density at radius 1 is 1.24 bits per heavy atom. The van der Waals surface area contributed by atoms with Crippen LogP contribution in [-0.2, 0) is 13.1 Å². The summed E-state index contributed by atoms with van der Waals surface area (Å²) in [6.45, 7) is 3.46. The normalized spacial score (nSPS) is 11.0. The SMILES string of the molecule is CCn1nc(CNc2ccc(Br)c(F)c2)c2ccccc21. The molecule has 0 saturated carbocycles. The van der Waals surface area contributed by atoms with Crippen molar-refractivity contribution in [2.75, 3.05) is 5.32 Å². The number of hydrogen-bond donors (Lipinski definition) is 1. The maximum atomic E-state index is 13.5. The molecule has 2 aromatic carbocycles. The van der Waals surface area contributed by atoms with Gasteiger partial charge in [0.05, 0.1) is 22.2 Å². The molecule has 0 saturated heterocycles. The van der Waals surface area contributed by atoms with E-state index in [4.69, 9.17) is 0 Å². The lowest BCUT2D eigenvalue weighted by molar-refractivity contribution is 0.621. The number of aromatic nitrogens is 2. The van der Waals surface area contributed by atoms with E-state index in [1.165, 1.54) is 6.07 Å². The topological polar surface area (TPSA) is 29.9 Å². The molecule has 0 spiro atoms. The van der Waals surface area contributed by atoms with Crippen molar-refractivity contribution in [3.8, 4) is 0 Å². The molecule has 5 heteroatoms. The highest BCUT2D eigenvalue weighted by molar-refractivity contribution is 9.10. The largest absolute Gasteiger partial charge is 0.379 e. The molecule has 3 aromatic rings. The van der Waals surface area contributed by atoms with Crippen LogP contribution >= 0.6 is 15.9 Å². The first kappa shape index (κ1) is 14.1. The fourth-order valence-electron chi connectivity index (χ4n) is 2.36. The van der Waals surface area contributed by atoms with Gasteiger partial charge >= 0.3 is 0 Å². The summed E-state index contributed by atoms with van der Waals surface area (Å²) in [5.41, 5.74) is 2.83. The lowest BCUT2D eigenvalue weighted by atomic mass is 10.2. The maximum Gasteiger partial charge on any atom is 0.139 e. The minimum atomic E-state index is -0.274. The average molecular weight is 348 g/mol. The van der Waals surface area contributed by atoms with Crippen molar-refractivity contribution in [2.24, 2.45) is 0 Å². The molecule has 1 N–H and O–H groups in total. The molecule has 0 aliphatic carbocycles. The van der Waals surface area contributed by atoms with Crippen LogP contribution in [0.25, 0.3) is 10.9 Å². The van der Waals surface area contributed by atoms with Crippen molar-refractivity contribution in [2.45, 2.75) is 20.0 Å². The first-order valence-electron chi connectivity index (χ1n) is 6.82. The Hall–Kier alpha value is -1.88.